The number of amides is 2. The van der Waals surface area contributed by atoms with Crippen molar-refractivity contribution in [3.05, 3.63) is 42.5 Å². The van der Waals surface area contributed by atoms with Crippen LogP contribution in [0.15, 0.2) is 36.9 Å². The van der Waals surface area contributed by atoms with Gasteiger partial charge >= 0.3 is 0 Å². The van der Waals surface area contributed by atoms with Gasteiger partial charge in [0.15, 0.2) is 0 Å². The number of hydrogen-bond donors (Lipinski definition) is 0. The molecule has 3 heterocycles. The maximum absolute atomic E-state index is 12.7. The largest absolute Gasteiger partial charge is 0.342 e. The van der Waals surface area contributed by atoms with Crippen molar-refractivity contribution in [2.75, 3.05) is 26.2 Å². The lowest BCUT2D eigenvalue weighted by molar-refractivity contribution is -0.135. The lowest BCUT2D eigenvalue weighted by Gasteiger charge is -2.33. The summed E-state index contributed by atoms with van der Waals surface area (Å²) in [4.78, 5) is 33.0. The number of likely N-dealkylation sites (tertiary alicyclic amines) is 2. The predicted octanol–water partition coefficient (Wildman–Crippen LogP) is 1.74. The molecule has 26 heavy (non-hydrogen) atoms. The average Bonchev–Trinajstić information content (AvgIpc) is 3.41. The summed E-state index contributed by atoms with van der Waals surface area (Å²) in [7, 11) is 0. The predicted molar refractivity (Wildman–Crippen MR) is 95.8 cm³/mol. The lowest BCUT2D eigenvalue weighted by atomic mass is 9.95. The summed E-state index contributed by atoms with van der Waals surface area (Å²) < 4.78 is 1.66. The van der Waals surface area contributed by atoms with E-state index in [0.29, 0.717) is 18.7 Å². The van der Waals surface area contributed by atoms with Crippen molar-refractivity contribution in [2.45, 2.75) is 25.7 Å². The molecule has 2 saturated heterocycles. The van der Waals surface area contributed by atoms with E-state index in [1.165, 1.54) is 6.33 Å². The van der Waals surface area contributed by atoms with Crippen LogP contribution in [0, 0.1) is 5.92 Å². The molecule has 0 aliphatic carbocycles. The zero-order chi connectivity index (χ0) is 17.9. The molecule has 4 rings (SSSR count). The van der Waals surface area contributed by atoms with E-state index in [2.05, 4.69) is 10.1 Å². The van der Waals surface area contributed by atoms with E-state index in [-0.39, 0.29) is 17.7 Å². The van der Waals surface area contributed by atoms with Crippen molar-refractivity contribution in [3.8, 4) is 5.69 Å². The van der Waals surface area contributed by atoms with Crippen LogP contribution in [0.2, 0.25) is 0 Å². The molecule has 136 valence electrons. The van der Waals surface area contributed by atoms with Crippen LogP contribution in [-0.2, 0) is 4.79 Å². The SMILES string of the molecule is O=C(c1ccc(-n2cncn2)cc1)N1CCC(C(=O)N2CCCC2)CC1. The summed E-state index contributed by atoms with van der Waals surface area (Å²) in [5, 5.41) is 4.08. The fourth-order valence-corrected chi connectivity index (χ4v) is 3.81. The number of carbonyl (C=O) groups excluding carboxylic acids is 2. The minimum absolute atomic E-state index is 0.0298. The maximum atomic E-state index is 12.7. The third-order valence-corrected chi connectivity index (χ3v) is 5.35. The molecule has 0 atom stereocenters. The molecule has 0 radical (unpaired) electrons. The van der Waals surface area contributed by atoms with Gasteiger partial charge in [-0.25, -0.2) is 9.67 Å². The quantitative estimate of drug-likeness (QED) is 0.843. The van der Waals surface area contributed by atoms with Crippen molar-refractivity contribution >= 4 is 11.8 Å². The van der Waals surface area contributed by atoms with Crippen LogP contribution in [0.4, 0.5) is 0 Å². The number of carbonyl (C=O) groups is 2. The molecule has 2 amide bonds. The number of benzene rings is 1. The van der Waals surface area contributed by atoms with Crippen molar-refractivity contribution in [1.29, 1.82) is 0 Å². The fraction of sp³-hybridized carbons (Fsp3) is 0.474. The summed E-state index contributed by atoms with van der Waals surface area (Å²) in [6.45, 7) is 3.09. The normalized spacial score (nSPS) is 18.3. The minimum Gasteiger partial charge on any atom is -0.342 e. The second-order valence-corrected chi connectivity index (χ2v) is 6.99. The van der Waals surface area contributed by atoms with Gasteiger partial charge in [-0.3, -0.25) is 9.59 Å². The highest BCUT2D eigenvalue weighted by Gasteiger charge is 2.31. The number of aromatic nitrogens is 3. The summed E-state index contributed by atoms with van der Waals surface area (Å²) in [5.41, 5.74) is 1.53. The molecule has 2 aliphatic rings. The number of rotatable bonds is 3. The maximum Gasteiger partial charge on any atom is 0.253 e. The van der Waals surface area contributed by atoms with Gasteiger partial charge in [0, 0.05) is 37.7 Å². The van der Waals surface area contributed by atoms with Crippen molar-refractivity contribution < 1.29 is 9.59 Å². The highest BCUT2D eigenvalue weighted by Crippen LogP contribution is 2.23. The smallest absolute Gasteiger partial charge is 0.253 e. The second-order valence-electron chi connectivity index (χ2n) is 6.99. The molecule has 2 aliphatic heterocycles. The summed E-state index contributed by atoms with van der Waals surface area (Å²) in [6, 6.07) is 7.37. The van der Waals surface area contributed by atoms with Crippen molar-refractivity contribution in [3.63, 3.8) is 0 Å². The number of piperidine rings is 1. The van der Waals surface area contributed by atoms with Crippen LogP contribution in [0.5, 0.6) is 0 Å². The Morgan fingerprint density at radius 1 is 0.923 bits per heavy atom. The van der Waals surface area contributed by atoms with Gasteiger partial charge in [0.1, 0.15) is 12.7 Å². The van der Waals surface area contributed by atoms with Gasteiger partial charge in [-0.15, -0.1) is 0 Å². The van der Waals surface area contributed by atoms with Crippen LogP contribution in [0.25, 0.3) is 5.69 Å². The minimum atomic E-state index is 0.0298. The monoisotopic (exact) mass is 353 g/mol. The van der Waals surface area contributed by atoms with E-state index < -0.39 is 0 Å². The molecule has 0 spiro atoms. The standard InChI is InChI=1S/C19H23N5O2/c25-18(15-3-5-17(6-4-15)24-14-20-13-21-24)23-11-7-16(8-12-23)19(26)22-9-1-2-10-22/h3-6,13-14,16H,1-2,7-12H2. The van der Waals surface area contributed by atoms with Gasteiger partial charge in [-0.05, 0) is 49.9 Å². The first kappa shape index (κ1) is 16.8. The Balaban J connectivity index is 1.35. The zero-order valence-electron chi connectivity index (χ0n) is 14.8. The van der Waals surface area contributed by atoms with E-state index in [0.717, 1.165) is 44.5 Å². The molecule has 1 aromatic heterocycles. The Morgan fingerprint density at radius 2 is 1.62 bits per heavy atom. The van der Waals surface area contributed by atoms with E-state index >= 15 is 0 Å². The van der Waals surface area contributed by atoms with E-state index in [4.69, 9.17) is 0 Å². The molecular weight excluding hydrogens is 330 g/mol. The molecule has 7 heteroatoms. The van der Waals surface area contributed by atoms with Gasteiger partial charge in [-0.1, -0.05) is 0 Å². The van der Waals surface area contributed by atoms with Crippen molar-refractivity contribution in [1.82, 2.24) is 24.6 Å². The number of nitrogens with zero attached hydrogens (tertiary/aromatic N) is 5. The van der Waals surface area contributed by atoms with Gasteiger partial charge in [0.05, 0.1) is 5.69 Å². The van der Waals surface area contributed by atoms with Crippen LogP contribution < -0.4 is 0 Å². The molecule has 0 N–H and O–H groups in total. The van der Waals surface area contributed by atoms with Gasteiger partial charge in [0.2, 0.25) is 5.91 Å². The van der Waals surface area contributed by atoms with E-state index in [1.54, 1.807) is 11.0 Å². The van der Waals surface area contributed by atoms with Gasteiger partial charge in [-0.2, -0.15) is 5.10 Å². The first-order valence-corrected chi connectivity index (χ1v) is 9.25. The van der Waals surface area contributed by atoms with Crippen LogP contribution in [0.1, 0.15) is 36.0 Å². The third-order valence-electron chi connectivity index (χ3n) is 5.35. The van der Waals surface area contributed by atoms with Crippen LogP contribution in [0.3, 0.4) is 0 Å². The van der Waals surface area contributed by atoms with Crippen LogP contribution in [-0.4, -0.2) is 62.6 Å². The van der Waals surface area contributed by atoms with E-state index in [1.807, 2.05) is 34.1 Å². The first-order chi connectivity index (χ1) is 12.7. The molecule has 7 nitrogen and oxygen atoms in total. The summed E-state index contributed by atoms with van der Waals surface area (Å²) >= 11 is 0. The second kappa shape index (κ2) is 7.27. The van der Waals surface area contributed by atoms with E-state index in [9.17, 15) is 9.59 Å². The molecule has 0 bridgehead atoms. The topological polar surface area (TPSA) is 71.3 Å². The molecule has 0 saturated carbocycles. The first-order valence-electron chi connectivity index (χ1n) is 9.25. The summed E-state index contributed by atoms with van der Waals surface area (Å²) in [6.07, 6.45) is 6.86. The van der Waals surface area contributed by atoms with Gasteiger partial charge in [0.25, 0.3) is 5.91 Å². The Bertz CT molecular complexity index is 758. The van der Waals surface area contributed by atoms with Crippen molar-refractivity contribution in [2.24, 2.45) is 5.92 Å². The highest BCUT2D eigenvalue weighted by atomic mass is 16.2. The average molecular weight is 353 g/mol. The highest BCUT2D eigenvalue weighted by molar-refractivity contribution is 5.94. The molecule has 2 fully saturated rings. The van der Waals surface area contributed by atoms with Gasteiger partial charge < -0.3 is 9.80 Å². The van der Waals surface area contributed by atoms with Crippen LogP contribution >= 0.6 is 0 Å². The Kier molecular flexibility index (Phi) is 4.69. The molecule has 0 unspecified atom stereocenters. The molecular formula is C19H23N5O2. The molecule has 1 aromatic carbocycles. The Hall–Kier alpha value is -2.70. The molecule has 2 aromatic rings. The fourth-order valence-electron chi connectivity index (χ4n) is 3.81. The Morgan fingerprint density at radius 3 is 2.23 bits per heavy atom. The Labute approximate surface area is 152 Å². The summed E-state index contributed by atoms with van der Waals surface area (Å²) in [5.74, 6) is 0.390. The lowest BCUT2D eigenvalue weighted by Crippen LogP contribution is -2.43. The third kappa shape index (κ3) is 3.34. The number of hydrogen-bond acceptors (Lipinski definition) is 4. The zero-order valence-corrected chi connectivity index (χ0v) is 14.8.